The van der Waals surface area contributed by atoms with Crippen molar-refractivity contribution in [2.45, 2.75) is 39.2 Å². The second-order valence-corrected chi connectivity index (χ2v) is 6.43. The lowest BCUT2D eigenvalue weighted by atomic mass is 9.78. The number of piperidine rings is 1. The summed E-state index contributed by atoms with van der Waals surface area (Å²) in [5.41, 5.74) is 1.71. The third-order valence-electron chi connectivity index (χ3n) is 5.08. The number of benzene rings is 1. The molecule has 0 spiro atoms. The molecule has 0 aromatic heterocycles. The van der Waals surface area contributed by atoms with E-state index >= 15 is 0 Å². The number of hydrogen-bond donors (Lipinski definition) is 2. The molecule has 1 fully saturated rings. The van der Waals surface area contributed by atoms with Crippen LogP contribution in [-0.2, 0) is 4.79 Å². The monoisotopic (exact) mass is 292 g/mol. The van der Waals surface area contributed by atoms with Gasteiger partial charge in [-0.25, -0.2) is 4.39 Å². The van der Waals surface area contributed by atoms with Crippen molar-refractivity contribution in [3.63, 3.8) is 0 Å². The van der Waals surface area contributed by atoms with Crippen LogP contribution in [0.1, 0.15) is 44.8 Å². The molecule has 2 N–H and O–H groups in total. The number of carbonyl (C=O) groups is 1. The molecule has 0 radical (unpaired) electrons. The molecule has 114 valence electrons. The summed E-state index contributed by atoms with van der Waals surface area (Å²) < 4.78 is 14.3. The van der Waals surface area contributed by atoms with Crippen LogP contribution in [-0.4, -0.2) is 24.1 Å². The minimum atomic E-state index is -1.26. The first kappa shape index (κ1) is 14.3. The summed E-state index contributed by atoms with van der Waals surface area (Å²) in [4.78, 5) is 13.5. The molecular formula is C16H21FN2O2. The summed E-state index contributed by atoms with van der Waals surface area (Å²) in [6.45, 7) is 6.11. The highest BCUT2D eigenvalue weighted by molar-refractivity contribution is 6.02. The van der Waals surface area contributed by atoms with Gasteiger partial charge >= 0.3 is 0 Å². The quantitative estimate of drug-likeness (QED) is 0.881. The Bertz CT molecular complexity index is 580. The van der Waals surface area contributed by atoms with Gasteiger partial charge in [-0.1, -0.05) is 20.3 Å². The van der Waals surface area contributed by atoms with E-state index in [9.17, 15) is 14.3 Å². The van der Waals surface area contributed by atoms with Gasteiger partial charge in [0, 0.05) is 24.3 Å². The van der Waals surface area contributed by atoms with Gasteiger partial charge in [-0.2, -0.15) is 0 Å². The zero-order chi connectivity index (χ0) is 15.2. The first-order chi connectivity index (χ1) is 9.93. The Labute approximate surface area is 124 Å². The van der Waals surface area contributed by atoms with E-state index in [1.807, 2.05) is 4.90 Å². The molecule has 0 saturated carbocycles. The van der Waals surface area contributed by atoms with Crippen LogP contribution >= 0.6 is 0 Å². The SMILES string of the molecule is CCC1(C)CCN(c2cc3c(cc2F)C(O)C(=O)N3)CC1. The van der Waals surface area contributed by atoms with Crippen molar-refractivity contribution in [2.75, 3.05) is 23.3 Å². The fourth-order valence-corrected chi connectivity index (χ4v) is 3.14. The van der Waals surface area contributed by atoms with Gasteiger partial charge in [0.05, 0.1) is 5.69 Å². The molecule has 1 saturated heterocycles. The van der Waals surface area contributed by atoms with Crippen LogP contribution < -0.4 is 10.2 Å². The molecule has 2 aliphatic heterocycles. The normalized spacial score (nSPS) is 23.9. The van der Waals surface area contributed by atoms with Crippen molar-refractivity contribution in [3.05, 3.63) is 23.5 Å². The van der Waals surface area contributed by atoms with Gasteiger partial charge < -0.3 is 15.3 Å². The number of fused-ring (bicyclic) bond motifs is 1. The number of hydrogen-bond acceptors (Lipinski definition) is 3. The molecule has 1 atom stereocenters. The van der Waals surface area contributed by atoms with E-state index in [1.165, 1.54) is 6.07 Å². The second kappa shape index (κ2) is 4.98. The van der Waals surface area contributed by atoms with Crippen molar-refractivity contribution in [1.29, 1.82) is 0 Å². The Balaban J connectivity index is 1.85. The maximum atomic E-state index is 14.3. The Morgan fingerprint density at radius 2 is 2.10 bits per heavy atom. The number of nitrogens with zero attached hydrogens (tertiary/aromatic N) is 1. The summed E-state index contributed by atoms with van der Waals surface area (Å²) in [6.07, 6.45) is 1.95. The first-order valence-corrected chi connectivity index (χ1v) is 7.51. The number of amides is 1. The lowest BCUT2D eigenvalue weighted by Crippen LogP contribution is -2.38. The largest absolute Gasteiger partial charge is 0.378 e. The third-order valence-corrected chi connectivity index (χ3v) is 5.08. The average molecular weight is 292 g/mol. The topological polar surface area (TPSA) is 52.6 Å². The molecule has 0 aliphatic carbocycles. The van der Waals surface area contributed by atoms with Crippen LogP contribution in [0.4, 0.5) is 15.8 Å². The molecule has 1 amide bonds. The molecule has 1 unspecified atom stereocenters. The van der Waals surface area contributed by atoms with E-state index in [1.54, 1.807) is 6.07 Å². The van der Waals surface area contributed by atoms with Gasteiger partial charge in [0.1, 0.15) is 5.82 Å². The smallest absolute Gasteiger partial charge is 0.257 e. The van der Waals surface area contributed by atoms with Crippen LogP contribution in [0.15, 0.2) is 12.1 Å². The summed E-state index contributed by atoms with van der Waals surface area (Å²) in [7, 11) is 0. The third kappa shape index (κ3) is 2.39. The predicted octanol–water partition coefficient (Wildman–Crippen LogP) is 2.83. The molecule has 21 heavy (non-hydrogen) atoms. The van der Waals surface area contributed by atoms with Crippen molar-refractivity contribution in [1.82, 2.24) is 0 Å². The van der Waals surface area contributed by atoms with Crippen LogP contribution in [0.25, 0.3) is 0 Å². The number of nitrogens with one attached hydrogen (secondary N) is 1. The molecule has 0 bridgehead atoms. The van der Waals surface area contributed by atoms with Crippen LogP contribution in [0, 0.1) is 11.2 Å². The second-order valence-electron chi connectivity index (χ2n) is 6.43. The molecule has 1 aromatic rings. The highest BCUT2D eigenvalue weighted by atomic mass is 19.1. The number of halogens is 1. The summed E-state index contributed by atoms with van der Waals surface area (Å²) in [5.74, 6) is -0.858. The number of rotatable bonds is 2. The van der Waals surface area contributed by atoms with Crippen molar-refractivity contribution >= 4 is 17.3 Å². The fourth-order valence-electron chi connectivity index (χ4n) is 3.14. The molecule has 5 heteroatoms. The minimum absolute atomic E-state index is 0.330. The summed E-state index contributed by atoms with van der Waals surface area (Å²) in [5, 5.41) is 12.3. The van der Waals surface area contributed by atoms with Crippen molar-refractivity contribution in [2.24, 2.45) is 5.41 Å². The van der Waals surface area contributed by atoms with Gasteiger partial charge in [0.25, 0.3) is 5.91 Å². The lowest BCUT2D eigenvalue weighted by Gasteiger charge is -2.40. The fraction of sp³-hybridized carbons (Fsp3) is 0.562. The molecule has 3 rings (SSSR count). The van der Waals surface area contributed by atoms with Crippen LogP contribution in [0.3, 0.4) is 0 Å². The Morgan fingerprint density at radius 1 is 1.43 bits per heavy atom. The number of anilines is 2. The highest BCUT2D eigenvalue weighted by Gasteiger charge is 2.33. The maximum absolute atomic E-state index is 14.3. The van der Waals surface area contributed by atoms with E-state index in [2.05, 4.69) is 19.2 Å². The van der Waals surface area contributed by atoms with E-state index in [0.717, 1.165) is 32.4 Å². The molecule has 2 aliphatic rings. The van der Waals surface area contributed by atoms with Gasteiger partial charge in [-0.05, 0) is 30.4 Å². The standard InChI is InChI=1S/C16H21FN2O2/c1-3-16(2)4-6-19(7-5-16)13-9-12-10(8-11(13)17)14(20)15(21)18-12/h8-9,14,20H,3-7H2,1-2H3,(H,18,21). The van der Waals surface area contributed by atoms with Gasteiger partial charge in [0.2, 0.25) is 0 Å². The highest BCUT2D eigenvalue weighted by Crippen LogP contribution is 2.39. The zero-order valence-corrected chi connectivity index (χ0v) is 12.4. The summed E-state index contributed by atoms with van der Waals surface area (Å²) in [6, 6.07) is 2.92. The van der Waals surface area contributed by atoms with Gasteiger partial charge in [-0.15, -0.1) is 0 Å². The van der Waals surface area contributed by atoms with Gasteiger partial charge in [0.15, 0.2) is 6.10 Å². The maximum Gasteiger partial charge on any atom is 0.257 e. The molecule has 4 nitrogen and oxygen atoms in total. The molecular weight excluding hydrogens is 271 g/mol. The average Bonchev–Trinajstić information content (AvgIpc) is 2.75. The molecule has 1 aromatic carbocycles. The number of aliphatic hydroxyl groups is 1. The van der Waals surface area contributed by atoms with Crippen molar-refractivity contribution < 1.29 is 14.3 Å². The van der Waals surface area contributed by atoms with Crippen LogP contribution in [0.2, 0.25) is 0 Å². The van der Waals surface area contributed by atoms with Crippen LogP contribution in [0.5, 0.6) is 0 Å². The van der Waals surface area contributed by atoms with E-state index in [0.29, 0.717) is 22.4 Å². The Morgan fingerprint density at radius 3 is 2.71 bits per heavy atom. The Hall–Kier alpha value is -1.62. The van der Waals surface area contributed by atoms with E-state index in [-0.39, 0.29) is 5.82 Å². The van der Waals surface area contributed by atoms with E-state index in [4.69, 9.17) is 0 Å². The number of aliphatic hydroxyl groups excluding tert-OH is 1. The van der Waals surface area contributed by atoms with Gasteiger partial charge in [-0.3, -0.25) is 4.79 Å². The summed E-state index contributed by atoms with van der Waals surface area (Å²) >= 11 is 0. The zero-order valence-electron chi connectivity index (χ0n) is 12.4. The predicted molar refractivity (Wildman–Crippen MR) is 79.8 cm³/mol. The van der Waals surface area contributed by atoms with Crippen molar-refractivity contribution in [3.8, 4) is 0 Å². The lowest BCUT2D eigenvalue weighted by molar-refractivity contribution is -0.123. The first-order valence-electron chi connectivity index (χ1n) is 7.51. The van der Waals surface area contributed by atoms with E-state index < -0.39 is 12.0 Å². The Kier molecular flexibility index (Phi) is 3.40. The minimum Gasteiger partial charge on any atom is -0.378 e. The molecule has 2 heterocycles. The number of carbonyl (C=O) groups excluding carboxylic acids is 1.